The van der Waals surface area contributed by atoms with E-state index in [4.69, 9.17) is 0 Å². The molecule has 38 heavy (non-hydrogen) atoms. The van der Waals surface area contributed by atoms with Gasteiger partial charge < -0.3 is 0 Å². The zero-order chi connectivity index (χ0) is 27.1. The largest absolute Gasteiger partial charge is 0.269 e. The molecule has 0 unspecified atom stereocenters. The lowest BCUT2D eigenvalue weighted by Crippen LogP contribution is -1.88. The summed E-state index contributed by atoms with van der Waals surface area (Å²) in [6.07, 6.45) is 11.9. The summed E-state index contributed by atoms with van der Waals surface area (Å²) in [6, 6.07) is 20.8. The Morgan fingerprint density at radius 3 is 1.26 bits per heavy atom. The molecular formula is C28H18Br2N2O4S2. The maximum Gasteiger partial charge on any atom is 0.269 e. The second-order valence-corrected chi connectivity index (χ2v) is 12.8. The number of benzene rings is 2. The first-order valence-corrected chi connectivity index (χ1v) is 14.3. The highest BCUT2D eigenvalue weighted by atomic mass is 79.9. The molecule has 0 saturated carbocycles. The van der Waals surface area contributed by atoms with Crippen LogP contribution in [0.1, 0.15) is 20.9 Å². The molecule has 2 aromatic heterocycles. The van der Waals surface area contributed by atoms with E-state index in [1.807, 2.05) is 48.6 Å². The van der Waals surface area contributed by atoms with Gasteiger partial charge in [-0.1, -0.05) is 24.3 Å². The molecule has 0 fully saturated rings. The van der Waals surface area contributed by atoms with Gasteiger partial charge in [-0.15, -0.1) is 22.7 Å². The van der Waals surface area contributed by atoms with Crippen molar-refractivity contribution in [2.75, 3.05) is 0 Å². The number of nitro benzene ring substituents is 2. The second-order valence-electron chi connectivity index (χ2n) is 7.85. The molecule has 10 heteroatoms. The molecule has 0 saturated heterocycles. The molecule has 0 aliphatic carbocycles. The Hall–Kier alpha value is -3.44. The molecule has 2 heterocycles. The highest BCUT2D eigenvalue weighted by molar-refractivity contribution is 9.11. The lowest BCUT2D eigenvalue weighted by atomic mass is 10.0. The van der Waals surface area contributed by atoms with Crippen LogP contribution >= 0.6 is 54.5 Å². The molecule has 4 aromatic rings. The number of halogens is 2. The summed E-state index contributed by atoms with van der Waals surface area (Å²) in [5.74, 6) is 0. The van der Waals surface area contributed by atoms with Crippen LogP contribution in [0.15, 0.2) is 104 Å². The van der Waals surface area contributed by atoms with E-state index in [9.17, 15) is 20.2 Å². The standard InChI is InChI=1S/C28H18Br2N2O4S2/c29-27-15-13-25(37-27)17-21(7-1-19-3-9-23(10-4-19)31(33)34)22(18-26-14-16-28(30)38-26)8-2-20-5-11-24(12-6-20)32(35)36/h1-18H/b7-1+,8-2+,21-17-,22-18+. The quantitative estimate of drug-likeness (QED) is 0.101. The van der Waals surface area contributed by atoms with Crippen LogP contribution in [-0.4, -0.2) is 9.85 Å². The number of nitro groups is 2. The Morgan fingerprint density at radius 2 is 0.974 bits per heavy atom. The van der Waals surface area contributed by atoms with E-state index in [1.54, 1.807) is 46.9 Å². The average molecular weight is 670 g/mol. The number of allylic oxidation sites excluding steroid dienone is 4. The predicted molar refractivity (Wildman–Crippen MR) is 164 cm³/mol. The summed E-state index contributed by atoms with van der Waals surface area (Å²) in [6.45, 7) is 0. The van der Waals surface area contributed by atoms with Gasteiger partial charge in [0.2, 0.25) is 0 Å². The molecule has 190 valence electrons. The Labute approximate surface area is 243 Å². The van der Waals surface area contributed by atoms with E-state index in [1.165, 1.54) is 24.3 Å². The molecule has 6 nitrogen and oxygen atoms in total. The smallest absolute Gasteiger partial charge is 0.258 e. The van der Waals surface area contributed by atoms with Crippen molar-refractivity contribution in [1.82, 2.24) is 0 Å². The minimum atomic E-state index is -0.420. The number of hydrogen-bond acceptors (Lipinski definition) is 6. The van der Waals surface area contributed by atoms with E-state index in [-0.39, 0.29) is 11.4 Å². The molecule has 0 bridgehead atoms. The summed E-state index contributed by atoms with van der Waals surface area (Å²) in [5, 5.41) is 22.0. The molecular weight excluding hydrogens is 652 g/mol. The van der Waals surface area contributed by atoms with Gasteiger partial charge in [0.25, 0.3) is 11.4 Å². The van der Waals surface area contributed by atoms with E-state index in [2.05, 4.69) is 44.0 Å². The van der Waals surface area contributed by atoms with Crippen molar-refractivity contribution in [3.05, 3.63) is 145 Å². The maximum atomic E-state index is 11.0. The molecule has 0 spiro atoms. The van der Waals surface area contributed by atoms with Gasteiger partial charge in [0.05, 0.1) is 17.4 Å². The fourth-order valence-electron chi connectivity index (χ4n) is 3.36. The molecule has 4 rings (SSSR count). The Kier molecular flexibility index (Phi) is 9.35. The van der Waals surface area contributed by atoms with Crippen molar-refractivity contribution in [2.24, 2.45) is 0 Å². The Morgan fingerprint density at radius 1 is 0.605 bits per heavy atom. The van der Waals surface area contributed by atoms with Gasteiger partial charge in [-0.25, -0.2) is 0 Å². The fraction of sp³-hybridized carbons (Fsp3) is 0. The molecule has 0 N–H and O–H groups in total. The number of rotatable bonds is 9. The van der Waals surface area contributed by atoms with Crippen LogP contribution in [0.4, 0.5) is 11.4 Å². The van der Waals surface area contributed by atoms with E-state index < -0.39 is 9.85 Å². The van der Waals surface area contributed by atoms with Crippen LogP contribution in [-0.2, 0) is 0 Å². The first-order chi connectivity index (χ1) is 18.3. The zero-order valence-electron chi connectivity index (χ0n) is 19.5. The monoisotopic (exact) mass is 668 g/mol. The lowest BCUT2D eigenvalue weighted by Gasteiger charge is -2.06. The van der Waals surface area contributed by atoms with Gasteiger partial charge in [-0.05, 0) is 115 Å². The third-order valence-electron chi connectivity index (χ3n) is 5.24. The zero-order valence-corrected chi connectivity index (χ0v) is 24.3. The van der Waals surface area contributed by atoms with E-state index in [0.29, 0.717) is 0 Å². The minimum Gasteiger partial charge on any atom is -0.258 e. The van der Waals surface area contributed by atoms with Gasteiger partial charge in [0.1, 0.15) is 0 Å². The average Bonchev–Trinajstić information content (AvgIpc) is 3.51. The van der Waals surface area contributed by atoms with Gasteiger partial charge in [-0.2, -0.15) is 0 Å². The van der Waals surface area contributed by atoms with Gasteiger partial charge >= 0.3 is 0 Å². The summed E-state index contributed by atoms with van der Waals surface area (Å²) < 4.78 is 2.02. The van der Waals surface area contributed by atoms with E-state index >= 15 is 0 Å². The molecule has 0 radical (unpaired) electrons. The lowest BCUT2D eigenvalue weighted by molar-refractivity contribution is -0.385. The van der Waals surface area contributed by atoms with Gasteiger partial charge in [0.15, 0.2) is 0 Å². The van der Waals surface area contributed by atoms with Crippen LogP contribution < -0.4 is 0 Å². The number of hydrogen-bond donors (Lipinski definition) is 0. The number of nitrogens with zero attached hydrogens (tertiary/aromatic N) is 2. The van der Waals surface area contributed by atoms with Crippen LogP contribution in [0.2, 0.25) is 0 Å². The van der Waals surface area contributed by atoms with Crippen molar-refractivity contribution in [3.8, 4) is 0 Å². The first kappa shape index (κ1) is 27.6. The van der Waals surface area contributed by atoms with Crippen molar-refractivity contribution < 1.29 is 9.85 Å². The summed E-state index contributed by atoms with van der Waals surface area (Å²) in [4.78, 5) is 23.3. The maximum absolute atomic E-state index is 11.0. The highest BCUT2D eigenvalue weighted by Crippen LogP contribution is 2.31. The van der Waals surface area contributed by atoms with Gasteiger partial charge in [0, 0.05) is 34.0 Å². The Bertz CT molecular complexity index is 1460. The number of thiophene rings is 2. The highest BCUT2D eigenvalue weighted by Gasteiger charge is 2.07. The molecule has 0 atom stereocenters. The molecule has 0 amide bonds. The summed E-state index contributed by atoms with van der Waals surface area (Å²) in [7, 11) is 0. The summed E-state index contributed by atoms with van der Waals surface area (Å²) >= 11 is 10.2. The van der Waals surface area contributed by atoms with Crippen LogP contribution in [0.3, 0.4) is 0 Å². The van der Waals surface area contributed by atoms with E-state index in [0.717, 1.165) is 39.6 Å². The molecule has 0 aliphatic heterocycles. The number of non-ortho nitro benzene ring substituents is 2. The van der Waals surface area contributed by atoms with Crippen molar-refractivity contribution in [1.29, 1.82) is 0 Å². The fourth-order valence-corrected chi connectivity index (χ4v) is 6.11. The third kappa shape index (κ3) is 7.78. The van der Waals surface area contributed by atoms with Crippen molar-refractivity contribution in [3.63, 3.8) is 0 Å². The predicted octanol–water partition coefficient (Wildman–Crippen LogP) is 10.0. The third-order valence-corrected chi connectivity index (χ3v) is 8.38. The Balaban J connectivity index is 1.76. The van der Waals surface area contributed by atoms with Crippen LogP contribution in [0.25, 0.3) is 24.3 Å². The normalized spacial score (nSPS) is 12.5. The topological polar surface area (TPSA) is 86.3 Å². The first-order valence-electron chi connectivity index (χ1n) is 11.1. The van der Waals surface area contributed by atoms with Gasteiger partial charge in [-0.3, -0.25) is 20.2 Å². The summed E-state index contributed by atoms with van der Waals surface area (Å²) in [5.41, 5.74) is 3.56. The van der Waals surface area contributed by atoms with Crippen molar-refractivity contribution in [2.45, 2.75) is 0 Å². The van der Waals surface area contributed by atoms with Crippen molar-refractivity contribution >= 4 is 90.2 Å². The van der Waals surface area contributed by atoms with Crippen LogP contribution in [0, 0.1) is 20.2 Å². The minimum absolute atomic E-state index is 0.0382. The molecule has 0 aliphatic rings. The SMILES string of the molecule is O=[N+]([O-])c1ccc(/C=C/C(=C/c2ccc(Br)s2)C(/C=C/c2ccc([N+](=O)[O-])cc2)=C/c2ccc(Br)s2)cc1. The second kappa shape index (κ2) is 12.9. The van der Waals surface area contributed by atoms with Crippen LogP contribution in [0.5, 0.6) is 0 Å². The molecule has 2 aromatic carbocycles.